The number of carbonyl (C=O) groups is 2. The maximum absolute atomic E-state index is 13.5. The Morgan fingerprint density at radius 2 is 1.91 bits per heavy atom. The van der Waals surface area contributed by atoms with Gasteiger partial charge in [0.05, 0.1) is 32.4 Å². The smallest absolute Gasteiger partial charge is 0.249 e. The van der Waals surface area contributed by atoms with Gasteiger partial charge in [0, 0.05) is 24.4 Å². The summed E-state index contributed by atoms with van der Waals surface area (Å²) in [4.78, 5) is 32.7. The first-order chi connectivity index (χ1) is 15.5. The van der Waals surface area contributed by atoms with E-state index in [4.69, 9.17) is 9.47 Å². The van der Waals surface area contributed by atoms with E-state index < -0.39 is 6.04 Å². The number of carbonyl (C=O) groups excluding carboxylic acids is 2. The molecule has 2 aliphatic rings. The molecule has 1 aromatic heterocycles. The highest BCUT2D eigenvalue weighted by atomic mass is 16.5. The van der Waals surface area contributed by atoms with E-state index in [1.165, 1.54) is 6.42 Å². The van der Waals surface area contributed by atoms with Crippen molar-refractivity contribution in [3.05, 3.63) is 48.1 Å². The molecule has 1 fully saturated rings. The summed E-state index contributed by atoms with van der Waals surface area (Å²) in [5.41, 5.74) is 2.25. The van der Waals surface area contributed by atoms with Gasteiger partial charge in [-0.2, -0.15) is 0 Å². The number of nitrogens with one attached hydrogen (secondary N) is 1. The van der Waals surface area contributed by atoms with Crippen molar-refractivity contribution in [2.75, 3.05) is 14.2 Å². The lowest BCUT2D eigenvalue weighted by Crippen LogP contribution is -2.46. The number of methoxy groups -OCH3 is 2. The number of aromatic nitrogens is 2. The van der Waals surface area contributed by atoms with Crippen molar-refractivity contribution in [2.24, 2.45) is 0 Å². The maximum atomic E-state index is 13.5. The molecule has 4 rings (SSSR count). The van der Waals surface area contributed by atoms with Gasteiger partial charge in [0.2, 0.25) is 11.8 Å². The van der Waals surface area contributed by atoms with Gasteiger partial charge in [-0.25, -0.2) is 4.98 Å². The topological polar surface area (TPSA) is 85.7 Å². The third-order valence-corrected chi connectivity index (χ3v) is 6.26. The maximum Gasteiger partial charge on any atom is 0.249 e. The van der Waals surface area contributed by atoms with Crippen LogP contribution in [-0.4, -0.2) is 46.5 Å². The Labute approximate surface area is 188 Å². The van der Waals surface area contributed by atoms with Crippen molar-refractivity contribution < 1.29 is 19.1 Å². The van der Waals surface area contributed by atoms with E-state index in [-0.39, 0.29) is 24.4 Å². The Morgan fingerprint density at radius 3 is 2.62 bits per heavy atom. The van der Waals surface area contributed by atoms with Crippen LogP contribution in [0.5, 0.6) is 11.5 Å². The van der Waals surface area contributed by atoms with Gasteiger partial charge in [-0.15, -0.1) is 0 Å². The Hall–Kier alpha value is -3.29. The summed E-state index contributed by atoms with van der Waals surface area (Å²) >= 11 is 0. The second-order valence-electron chi connectivity index (χ2n) is 8.38. The molecule has 2 heterocycles. The molecule has 1 aliphatic carbocycles. The van der Waals surface area contributed by atoms with Gasteiger partial charge < -0.3 is 24.3 Å². The van der Waals surface area contributed by atoms with Crippen LogP contribution in [-0.2, 0) is 16.1 Å². The minimum absolute atomic E-state index is 0.142. The van der Waals surface area contributed by atoms with Crippen LogP contribution in [0.1, 0.15) is 56.3 Å². The van der Waals surface area contributed by atoms with Crippen LogP contribution in [0.2, 0.25) is 0 Å². The van der Waals surface area contributed by atoms with E-state index in [1.54, 1.807) is 43.8 Å². The fraction of sp³-hybridized carbons (Fsp3) is 0.458. The van der Waals surface area contributed by atoms with Crippen molar-refractivity contribution in [2.45, 2.75) is 57.7 Å². The fourth-order valence-corrected chi connectivity index (χ4v) is 4.57. The molecule has 0 radical (unpaired) electrons. The molecular formula is C24H30N4O4. The molecule has 0 bridgehead atoms. The number of hydrogen-bond donors (Lipinski definition) is 1. The van der Waals surface area contributed by atoms with Crippen molar-refractivity contribution >= 4 is 17.5 Å². The lowest BCUT2D eigenvalue weighted by atomic mass is 9.95. The molecule has 8 heteroatoms. The molecule has 2 amide bonds. The number of imidazole rings is 1. The first-order valence-electron chi connectivity index (χ1n) is 11.0. The largest absolute Gasteiger partial charge is 0.493 e. The van der Waals surface area contributed by atoms with Gasteiger partial charge in [-0.3, -0.25) is 9.59 Å². The molecule has 1 aliphatic heterocycles. The Bertz CT molecular complexity index is 1020. The molecule has 0 saturated heterocycles. The summed E-state index contributed by atoms with van der Waals surface area (Å²) in [6.45, 7) is 2.09. The first kappa shape index (κ1) is 21.9. The summed E-state index contributed by atoms with van der Waals surface area (Å²) in [5.74, 6) is 0.798. The zero-order valence-corrected chi connectivity index (χ0v) is 18.8. The molecule has 1 aromatic carbocycles. The molecule has 1 unspecified atom stereocenters. The molecule has 170 valence electrons. The van der Waals surface area contributed by atoms with Crippen LogP contribution in [0.15, 0.2) is 36.8 Å². The number of allylic oxidation sites excluding steroid dienone is 1. The Balaban J connectivity index is 1.68. The zero-order valence-electron chi connectivity index (χ0n) is 18.8. The van der Waals surface area contributed by atoms with Crippen molar-refractivity contribution in [1.82, 2.24) is 19.8 Å². The van der Waals surface area contributed by atoms with Crippen LogP contribution in [0.25, 0.3) is 5.70 Å². The predicted octanol–water partition coefficient (Wildman–Crippen LogP) is 3.29. The molecule has 1 saturated carbocycles. The summed E-state index contributed by atoms with van der Waals surface area (Å²) in [6.07, 6.45) is 10.2. The molecule has 32 heavy (non-hydrogen) atoms. The van der Waals surface area contributed by atoms with Crippen molar-refractivity contribution in [3.63, 3.8) is 0 Å². The minimum Gasteiger partial charge on any atom is -0.493 e. The molecule has 2 aromatic rings. The van der Waals surface area contributed by atoms with Gasteiger partial charge in [-0.1, -0.05) is 25.3 Å². The number of hydrogen-bond acceptors (Lipinski definition) is 5. The number of nitrogens with zero attached hydrogens (tertiary/aromatic N) is 3. The Kier molecular flexibility index (Phi) is 6.48. The molecular weight excluding hydrogens is 408 g/mol. The second-order valence-corrected chi connectivity index (χ2v) is 8.38. The zero-order chi connectivity index (χ0) is 22.7. The van der Waals surface area contributed by atoms with E-state index in [9.17, 15) is 9.59 Å². The van der Waals surface area contributed by atoms with Gasteiger partial charge >= 0.3 is 0 Å². The van der Waals surface area contributed by atoms with Crippen LogP contribution in [0.4, 0.5) is 0 Å². The highest BCUT2D eigenvalue weighted by Crippen LogP contribution is 2.32. The lowest BCUT2D eigenvalue weighted by molar-refractivity contribution is -0.138. The standard InChI is InChI=1S/C24H30N4O4/c1-16-11-22(29)27(14-17-9-10-20(31-2)21(12-17)32-3)23(19-13-25-15-28(16)19)24(30)26-18-7-5-4-6-8-18/h9-13,15,18,23H,4-8,14H2,1-3H3,(H,26,30). The van der Waals surface area contributed by atoms with Crippen molar-refractivity contribution in [1.29, 1.82) is 0 Å². The fourth-order valence-electron chi connectivity index (χ4n) is 4.57. The van der Waals surface area contributed by atoms with E-state index in [0.717, 1.165) is 36.9 Å². The number of fused-ring (bicyclic) bond motifs is 1. The van der Waals surface area contributed by atoms with Gasteiger partial charge in [0.15, 0.2) is 17.5 Å². The van der Waals surface area contributed by atoms with Crippen LogP contribution in [0.3, 0.4) is 0 Å². The minimum atomic E-state index is -0.784. The van der Waals surface area contributed by atoms with Crippen LogP contribution in [0, 0.1) is 0 Å². The van der Waals surface area contributed by atoms with Gasteiger partial charge in [0.25, 0.3) is 0 Å². The number of amides is 2. The second kappa shape index (κ2) is 9.46. The quantitative estimate of drug-likeness (QED) is 0.748. The number of rotatable bonds is 6. The van der Waals surface area contributed by atoms with Gasteiger partial charge in [0.1, 0.15) is 0 Å². The highest BCUT2D eigenvalue weighted by Gasteiger charge is 2.36. The van der Waals surface area contributed by atoms with Crippen LogP contribution >= 0.6 is 0 Å². The van der Waals surface area contributed by atoms with E-state index in [1.807, 2.05) is 23.6 Å². The average molecular weight is 439 g/mol. The average Bonchev–Trinajstić information content (AvgIpc) is 3.25. The highest BCUT2D eigenvalue weighted by molar-refractivity contribution is 5.97. The molecule has 1 N–H and O–H groups in total. The number of benzene rings is 1. The third-order valence-electron chi connectivity index (χ3n) is 6.26. The van der Waals surface area contributed by atoms with E-state index >= 15 is 0 Å². The van der Waals surface area contributed by atoms with E-state index in [2.05, 4.69) is 10.3 Å². The van der Waals surface area contributed by atoms with Gasteiger partial charge in [-0.05, 0) is 37.5 Å². The summed E-state index contributed by atoms with van der Waals surface area (Å²) in [7, 11) is 3.15. The predicted molar refractivity (Wildman–Crippen MR) is 120 cm³/mol. The molecule has 0 spiro atoms. The normalized spacial score (nSPS) is 19.1. The lowest BCUT2D eigenvalue weighted by Gasteiger charge is -2.31. The number of ether oxygens (including phenoxy) is 2. The monoisotopic (exact) mass is 438 g/mol. The van der Waals surface area contributed by atoms with Crippen molar-refractivity contribution in [3.8, 4) is 11.5 Å². The molecule has 1 atom stereocenters. The van der Waals surface area contributed by atoms with Crippen LogP contribution < -0.4 is 14.8 Å². The first-order valence-corrected chi connectivity index (χ1v) is 11.0. The SMILES string of the molecule is COc1ccc(CN2C(=O)C=C(C)n3cncc3C2C(=O)NC2CCCCC2)cc1OC. The summed E-state index contributed by atoms with van der Waals surface area (Å²) < 4.78 is 12.6. The summed E-state index contributed by atoms with van der Waals surface area (Å²) in [6, 6.07) is 4.88. The summed E-state index contributed by atoms with van der Waals surface area (Å²) in [5, 5.41) is 3.20. The molecule has 8 nitrogen and oxygen atoms in total. The third kappa shape index (κ3) is 4.35. The Morgan fingerprint density at radius 1 is 1.16 bits per heavy atom. The van der Waals surface area contributed by atoms with E-state index in [0.29, 0.717) is 17.2 Å².